The smallest absolute Gasteiger partial charge is 0.325 e. The number of anilines is 1. The highest BCUT2D eigenvalue weighted by Crippen LogP contribution is 2.29. The molecule has 2 aromatic rings. The Balaban J connectivity index is 1.94. The molecule has 1 N–H and O–H groups in total. The maximum Gasteiger partial charge on any atom is 0.416 e. The first-order valence-electron chi connectivity index (χ1n) is 8.94. The van der Waals surface area contributed by atoms with E-state index in [1.807, 2.05) is 24.3 Å². The van der Waals surface area contributed by atoms with Crippen LogP contribution < -0.4 is 5.32 Å². The molecule has 27 heavy (non-hydrogen) atoms. The lowest BCUT2D eigenvalue weighted by molar-refractivity contribution is -0.137. The van der Waals surface area contributed by atoms with Crippen LogP contribution in [-0.4, -0.2) is 24.4 Å². The molecule has 6 heteroatoms. The maximum atomic E-state index is 12.6. The van der Waals surface area contributed by atoms with Crippen molar-refractivity contribution in [3.05, 3.63) is 65.2 Å². The van der Waals surface area contributed by atoms with Crippen molar-refractivity contribution in [2.75, 3.05) is 18.9 Å². The van der Waals surface area contributed by atoms with Crippen LogP contribution in [0.4, 0.5) is 18.9 Å². The van der Waals surface area contributed by atoms with Crippen LogP contribution in [0.5, 0.6) is 0 Å². The first-order valence-corrected chi connectivity index (χ1v) is 8.94. The number of amides is 1. The van der Waals surface area contributed by atoms with Gasteiger partial charge in [-0.15, -0.1) is 0 Å². The number of alkyl halides is 3. The Bertz CT molecular complexity index is 757. The van der Waals surface area contributed by atoms with Crippen LogP contribution in [0.25, 0.3) is 0 Å². The van der Waals surface area contributed by atoms with E-state index in [1.165, 1.54) is 12.1 Å². The molecular weight excluding hydrogens is 353 g/mol. The van der Waals surface area contributed by atoms with Crippen LogP contribution in [0.2, 0.25) is 0 Å². The predicted octanol–water partition coefficient (Wildman–Crippen LogP) is 5.29. The van der Waals surface area contributed by atoms with Crippen molar-refractivity contribution in [3.8, 4) is 0 Å². The molecule has 0 aromatic heterocycles. The number of nitrogens with zero attached hydrogens (tertiary/aromatic N) is 1. The van der Waals surface area contributed by atoms with Crippen LogP contribution in [0, 0.1) is 0 Å². The molecule has 0 spiro atoms. The second kappa shape index (κ2) is 9.04. The fourth-order valence-electron chi connectivity index (χ4n) is 2.86. The molecule has 0 bridgehead atoms. The zero-order chi connectivity index (χ0) is 20.0. The molecule has 1 amide bonds. The number of rotatable bonds is 7. The minimum atomic E-state index is -4.34. The number of para-hydroxylation sites is 1. The quantitative estimate of drug-likeness (QED) is 0.710. The summed E-state index contributed by atoms with van der Waals surface area (Å²) >= 11 is 0. The summed E-state index contributed by atoms with van der Waals surface area (Å²) in [6, 6.07) is 12.7. The summed E-state index contributed by atoms with van der Waals surface area (Å²) in [4.78, 5) is 14.1. The molecule has 0 aliphatic carbocycles. The fraction of sp³-hybridized carbons (Fsp3) is 0.381. The molecule has 2 aromatic carbocycles. The highest BCUT2D eigenvalue weighted by atomic mass is 19.4. The summed E-state index contributed by atoms with van der Waals surface area (Å²) in [5.41, 5.74) is 1.95. The normalized spacial score (nSPS) is 12.9. The van der Waals surface area contributed by atoms with Gasteiger partial charge in [-0.1, -0.05) is 44.2 Å². The fourth-order valence-corrected chi connectivity index (χ4v) is 2.86. The van der Waals surface area contributed by atoms with Crippen LogP contribution >= 0.6 is 0 Å². The molecule has 0 heterocycles. The molecule has 0 fully saturated rings. The van der Waals surface area contributed by atoms with Gasteiger partial charge in [-0.25, -0.2) is 0 Å². The molecule has 146 valence electrons. The van der Waals surface area contributed by atoms with Crippen molar-refractivity contribution in [2.24, 2.45) is 0 Å². The lowest BCUT2D eigenvalue weighted by Crippen LogP contribution is -2.30. The van der Waals surface area contributed by atoms with Gasteiger partial charge in [0.1, 0.15) is 0 Å². The van der Waals surface area contributed by atoms with E-state index in [4.69, 9.17) is 0 Å². The highest BCUT2D eigenvalue weighted by molar-refractivity contribution is 5.93. The zero-order valence-corrected chi connectivity index (χ0v) is 15.8. The maximum absolute atomic E-state index is 12.6. The Labute approximate surface area is 158 Å². The van der Waals surface area contributed by atoms with Gasteiger partial charge in [-0.3, -0.25) is 9.69 Å². The molecule has 0 saturated heterocycles. The lowest BCUT2D eigenvalue weighted by atomic mass is 9.97. The van der Waals surface area contributed by atoms with Gasteiger partial charge in [0, 0.05) is 12.2 Å². The molecule has 0 unspecified atom stereocenters. The average Bonchev–Trinajstić information content (AvgIpc) is 2.61. The van der Waals surface area contributed by atoms with E-state index in [0.29, 0.717) is 12.5 Å². The molecular formula is C21H25F3N2O. The van der Waals surface area contributed by atoms with Gasteiger partial charge in [0.25, 0.3) is 0 Å². The minimum absolute atomic E-state index is 0.149. The number of carbonyl (C=O) groups excluding carboxylic acids is 1. The number of likely N-dealkylation sites (N-methyl/N-ethyl adjacent to an activating group) is 1. The van der Waals surface area contributed by atoms with E-state index in [0.717, 1.165) is 35.4 Å². The molecule has 3 nitrogen and oxygen atoms in total. The van der Waals surface area contributed by atoms with Gasteiger partial charge < -0.3 is 5.32 Å². The monoisotopic (exact) mass is 378 g/mol. The summed E-state index contributed by atoms with van der Waals surface area (Å²) in [5, 5.41) is 2.94. The van der Waals surface area contributed by atoms with Crippen molar-refractivity contribution in [1.82, 2.24) is 4.90 Å². The van der Waals surface area contributed by atoms with Gasteiger partial charge >= 0.3 is 6.18 Å². The number of nitrogens with one attached hydrogen (secondary N) is 1. The topological polar surface area (TPSA) is 32.3 Å². The first kappa shape index (κ1) is 21.0. The summed E-state index contributed by atoms with van der Waals surface area (Å²) in [5.74, 6) is 0.187. The Morgan fingerprint density at radius 1 is 1.11 bits per heavy atom. The second-order valence-electron chi connectivity index (χ2n) is 6.81. The number of carbonyl (C=O) groups is 1. The number of benzene rings is 2. The molecule has 2 rings (SSSR count). The van der Waals surface area contributed by atoms with Crippen molar-refractivity contribution < 1.29 is 18.0 Å². The zero-order valence-electron chi connectivity index (χ0n) is 15.8. The lowest BCUT2D eigenvalue weighted by Gasteiger charge is -2.19. The van der Waals surface area contributed by atoms with E-state index in [1.54, 1.807) is 11.9 Å². The Morgan fingerprint density at radius 3 is 2.33 bits per heavy atom. The minimum Gasteiger partial charge on any atom is -0.325 e. The third-order valence-electron chi connectivity index (χ3n) is 4.53. The van der Waals surface area contributed by atoms with Crippen LogP contribution in [-0.2, 0) is 17.5 Å². The molecule has 0 aliphatic rings. The molecule has 1 atom stereocenters. The van der Waals surface area contributed by atoms with Gasteiger partial charge in [0.05, 0.1) is 12.1 Å². The van der Waals surface area contributed by atoms with Crippen LogP contribution in [0.3, 0.4) is 0 Å². The van der Waals surface area contributed by atoms with Crippen molar-refractivity contribution >= 4 is 11.6 Å². The summed E-state index contributed by atoms with van der Waals surface area (Å²) in [6.45, 7) is 4.75. The van der Waals surface area contributed by atoms with Gasteiger partial charge in [0.2, 0.25) is 5.91 Å². The van der Waals surface area contributed by atoms with Crippen molar-refractivity contribution in [1.29, 1.82) is 0 Å². The van der Waals surface area contributed by atoms with E-state index < -0.39 is 11.7 Å². The van der Waals surface area contributed by atoms with E-state index in [-0.39, 0.29) is 12.5 Å². The third kappa shape index (κ3) is 6.10. The molecule has 0 saturated carbocycles. The van der Waals surface area contributed by atoms with Crippen molar-refractivity contribution in [2.45, 2.75) is 38.9 Å². The SMILES string of the molecule is CC[C@@H](C)c1ccccc1NC(=O)CN(C)Cc1ccc(C(F)(F)F)cc1. The van der Waals surface area contributed by atoms with Gasteiger partial charge in [0.15, 0.2) is 0 Å². The predicted molar refractivity (Wildman–Crippen MR) is 102 cm³/mol. The summed E-state index contributed by atoms with van der Waals surface area (Å²) < 4.78 is 37.8. The van der Waals surface area contributed by atoms with Crippen molar-refractivity contribution in [3.63, 3.8) is 0 Å². The first-order chi connectivity index (χ1) is 12.7. The Hall–Kier alpha value is -2.34. The summed E-state index contributed by atoms with van der Waals surface area (Å²) in [7, 11) is 1.76. The van der Waals surface area contributed by atoms with Gasteiger partial charge in [-0.05, 0) is 48.7 Å². The standard InChI is InChI=1S/C21H25F3N2O/c1-4-15(2)18-7-5-6-8-19(18)25-20(27)14-26(3)13-16-9-11-17(12-10-16)21(22,23)24/h5-12,15H,4,13-14H2,1-3H3,(H,25,27)/t15-/m1/s1. The Morgan fingerprint density at radius 2 is 1.74 bits per heavy atom. The molecule has 0 radical (unpaired) electrons. The number of hydrogen-bond donors (Lipinski definition) is 1. The molecule has 0 aliphatic heterocycles. The second-order valence-corrected chi connectivity index (χ2v) is 6.81. The van der Waals surface area contributed by atoms with E-state index >= 15 is 0 Å². The number of hydrogen-bond acceptors (Lipinski definition) is 2. The van der Waals surface area contributed by atoms with Crippen LogP contribution in [0.1, 0.15) is 42.9 Å². The van der Waals surface area contributed by atoms with E-state index in [9.17, 15) is 18.0 Å². The third-order valence-corrected chi connectivity index (χ3v) is 4.53. The number of halogens is 3. The van der Waals surface area contributed by atoms with E-state index in [2.05, 4.69) is 19.2 Å². The van der Waals surface area contributed by atoms with Gasteiger partial charge in [-0.2, -0.15) is 13.2 Å². The highest BCUT2D eigenvalue weighted by Gasteiger charge is 2.29. The average molecular weight is 378 g/mol. The Kier molecular flexibility index (Phi) is 7.02. The largest absolute Gasteiger partial charge is 0.416 e. The van der Waals surface area contributed by atoms with Crippen LogP contribution in [0.15, 0.2) is 48.5 Å². The summed E-state index contributed by atoms with van der Waals surface area (Å²) in [6.07, 6.45) is -3.37.